The first kappa shape index (κ1) is 14.8. The molecule has 3 rings (SSSR count). The first-order valence-corrected chi connectivity index (χ1v) is 6.77. The van der Waals surface area contributed by atoms with Crippen molar-refractivity contribution in [3.63, 3.8) is 0 Å². The van der Waals surface area contributed by atoms with Crippen molar-refractivity contribution in [2.45, 2.75) is 12.3 Å². The molecule has 1 amide bonds. The summed E-state index contributed by atoms with van der Waals surface area (Å²) in [4.78, 5) is 17.7. The van der Waals surface area contributed by atoms with E-state index in [1.54, 1.807) is 36.5 Å². The van der Waals surface area contributed by atoms with Crippen molar-refractivity contribution in [2.24, 2.45) is 0 Å². The van der Waals surface area contributed by atoms with Crippen molar-refractivity contribution in [3.05, 3.63) is 42.1 Å². The average Bonchev–Trinajstić information content (AvgIpc) is 2.53. The number of rotatable bonds is 1. The second-order valence-corrected chi connectivity index (χ2v) is 5.06. The number of amides is 1. The molecule has 4 nitrogen and oxygen atoms in total. The molecule has 0 bridgehead atoms. The molecule has 1 fully saturated rings. The Morgan fingerprint density at radius 2 is 2.14 bits per heavy atom. The van der Waals surface area contributed by atoms with Gasteiger partial charge in [0.2, 0.25) is 0 Å². The lowest BCUT2D eigenvalue weighted by Crippen LogP contribution is -2.51. The largest absolute Gasteiger partial charge is 0.416 e. The molecule has 0 N–H and O–H groups in total. The first-order valence-electron chi connectivity index (χ1n) is 6.77. The summed E-state index contributed by atoms with van der Waals surface area (Å²) in [6.07, 6.45) is -4.75. The number of alkyl halides is 3. The smallest absolute Gasteiger partial charge is 0.365 e. The highest BCUT2D eigenvalue weighted by Gasteiger charge is 2.44. The zero-order chi connectivity index (χ0) is 15.7. The van der Waals surface area contributed by atoms with E-state index >= 15 is 0 Å². The lowest BCUT2D eigenvalue weighted by Gasteiger charge is -2.33. The fourth-order valence-corrected chi connectivity index (χ4v) is 2.42. The van der Waals surface area contributed by atoms with E-state index in [0.717, 1.165) is 10.9 Å². The molecule has 1 aromatic heterocycles. The van der Waals surface area contributed by atoms with Crippen molar-refractivity contribution in [1.29, 1.82) is 0 Å². The summed E-state index contributed by atoms with van der Waals surface area (Å²) in [5.74, 6) is -0.427. The Balaban J connectivity index is 1.82. The van der Waals surface area contributed by atoms with Crippen LogP contribution in [0.25, 0.3) is 10.9 Å². The molecule has 22 heavy (non-hydrogen) atoms. The molecule has 1 unspecified atom stereocenters. The molecule has 0 spiro atoms. The van der Waals surface area contributed by atoms with Crippen molar-refractivity contribution in [1.82, 2.24) is 9.88 Å². The third kappa shape index (κ3) is 2.89. The van der Waals surface area contributed by atoms with Gasteiger partial charge >= 0.3 is 6.18 Å². The van der Waals surface area contributed by atoms with Crippen LogP contribution in [0.4, 0.5) is 13.2 Å². The van der Waals surface area contributed by atoms with E-state index in [1.807, 2.05) is 0 Å². The Labute approximate surface area is 124 Å². The van der Waals surface area contributed by atoms with Crippen LogP contribution in [0.5, 0.6) is 0 Å². The van der Waals surface area contributed by atoms with Gasteiger partial charge in [-0.15, -0.1) is 0 Å². The van der Waals surface area contributed by atoms with Gasteiger partial charge in [-0.25, -0.2) is 0 Å². The van der Waals surface area contributed by atoms with Crippen LogP contribution in [-0.2, 0) is 4.74 Å². The van der Waals surface area contributed by atoms with E-state index in [4.69, 9.17) is 4.74 Å². The summed E-state index contributed by atoms with van der Waals surface area (Å²) >= 11 is 0. The molecular formula is C15H13F3N2O2. The Hall–Kier alpha value is -2.15. The van der Waals surface area contributed by atoms with Gasteiger partial charge in [-0.2, -0.15) is 13.2 Å². The van der Waals surface area contributed by atoms with Gasteiger partial charge in [-0.3, -0.25) is 9.78 Å². The molecule has 116 valence electrons. The van der Waals surface area contributed by atoms with Crippen molar-refractivity contribution >= 4 is 16.8 Å². The normalized spacial score (nSPS) is 19.4. The molecule has 7 heteroatoms. The van der Waals surface area contributed by atoms with E-state index in [2.05, 4.69) is 4.98 Å². The number of pyridine rings is 1. The molecular weight excluding hydrogens is 297 g/mol. The fraction of sp³-hybridized carbons (Fsp3) is 0.333. The van der Waals surface area contributed by atoms with Crippen molar-refractivity contribution < 1.29 is 22.7 Å². The van der Waals surface area contributed by atoms with E-state index in [1.165, 1.54) is 4.90 Å². The Bertz CT molecular complexity index is 702. The predicted molar refractivity (Wildman–Crippen MR) is 73.4 cm³/mol. The van der Waals surface area contributed by atoms with Gasteiger partial charge < -0.3 is 9.64 Å². The van der Waals surface area contributed by atoms with Crippen LogP contribution < -0.4 is 0 Å². The quantitative estimate of drug-likeness (QED) is 0.813. The maximum atomic E-state index is 12.7. The molecule has 1 aliphatic heterocycles. The van der Waals surface area contributed by atoms with Crippen LogP contribution in [-0.4, -0.2) is 47.8 Å². The average molecular weight is 310 g/mol. The maximum Gasteiger partial charge on any atom is 0.416 e. The van der Waals surface area contributed by atoms with Gasteiger partial charge in [0.25, 0.3) is 5.91 Å². The number of carbonyl (C=O) groups excluding carboxylic acids is 1. The van der Waals surface area contributed by atoms with Crippen LogP contribution in [0, 0.1) is 0 Å². The monoisotopic (exact) mass is 310 g/mol. The van der Waals surface area contributed by atoms with Crippen molar-refractivity contribution in [2.75, 3.05) is 19.7 Å². The predicted octanol–water partition coefficient (Wildman–Crippen LogP) is 2.64. The van der Waals surface area contributed by atoms with Crippen molar-refractivity contribution in [3.8, 4) is 0 Å². The van der Waals surface area contributed by atoms with Crippen LogP contribution in [0.1, 0.15) is 10.4 Å². The van der Waals surface area contributed by atoms with E-state index in [-0.39, 0.29) is 13.2 Å². The topological polar surface area (TPSA) is 42.4 Å². The number of nitrogens with zero attached hydrogens (tertiary/aromatic N) is 2. The summed E-state index contributed by atoms with van der Waals surface area (Å²) in [5, 5.41) is 0.772. The SMILES string of the molecule is O=C(c1ccc2ncccc2c1)N1CCOC(C(F)(F)F)C1. The van der Waals surface area contributed by atoms with Crippen LogP contribution >= 0.6 is 0 Å². The molecule has 0 saturated carbocycles. The Kier molecular flexibility index (Phi) is 3.74. The van der Waals surface area contributed by atoms with Gasteiger partial charge in [0, 0.05) is 23.7 Å². The second kappa shape index (κ2) is 5.57. The van der Waals surface area contributed by atoms with Crippen LogP contribution in [0.15, 0.2) is 36.5 Å². The summed E-state index contributed by atoms with van der Waals surface area (Å²) in [6, 6.07) is 8.45. The third-order valence-electron chi connectivity index (χ3n) is 3.57. The molecule has 1 atom stereocenters. The van der Waals surface area contributed by atoms with Crippen LogP contribution in [0.3, 0.4) is 0 Å². The summed E-state index contributed by atoms with van der Waals surface area (Å²) in [7, 11) is 0. The summed E-state index contributed by atoms with van der Waals surface area (Å²) in [6.45, 7) is -0.449. The molecule has 0 radical (unpaired) electrons. The number of ether oxygens (including phenoxy) is 1. The number of benzene rings is 1. The minimum absolute atomic E-state index is 0.120. The highest BCUT2D eigenvalue weighted by atomic mass is 19.4. The second-order valence-electron chi connectivity index (χ2n) is 5.06. The van der Waals surface area contributed by atoms with Gasteiger partial charge in [-0.05, 0) is 24.3 Å². The molecule has 1 aromatic carbocycles. The fourth-order valence-electron chi connectivity index (χ4n) is 2.42. The van der Waals surface area contributed by atoms with Gasteiger partial charge in [0.05, 0.1) is 18.7 Å². The van der Waals surface area contributed by atoms with E-state index in [9.17, 15) is 18.0 Å². The highest BCUT2D eigenvalue weighted by Crippen LogP contribution is 2.26. The zero-order valence-corrected chi connectivity index (χ0v) is 11.5. The molecule has 2 aromatic rings. The Morgan fingerprint density at radius 1 is 1.32 bits per heavy atom. The van der Waals surface area contributed by atoms with E-state index in [0.29, 0.717) is 5.56 Å². The third-order valence-corrected chi connectivity index (χ3v) is 3.57. The summed E-state index contributed by atoms with van der Waals surface area (Å²) < 4.78 is 42.9. The molecule has 1 saturated heterocycles. The molecule has 1 aliphatic rings. The van der Waals surface area contributed by atoms with Crippen LogP contribution in [0.2, 0.25) is 0 Å². The summed E-state index contributed by atoms with van der Waals surface area (Å²) in [5.41, 5.74) is 1.08. The minimum atomic E-state index is -4.47. The lowest BCUT2D eigenvalue weighted by molar-refractivity contribution is -0.233. The molecule has 0 aliphatic carbocycles. The number of carbonyl (C=O) groups is 1. The zero-order valence-electron chi connectivity index (χ0n) is 11.5. The minimum Gasteiger partial charge on any atom is -0.365 e. The number of aromatic nitrogens is 1. The standard InChI is InChI=1S/C15H13F3N2O2/c16-15(17,18)13-9-20(6-7-22-13)14(21)11-3-4-12-10(8-11)2-1-5-19-12/h1-5,8,13H,6-7,9H2. The van der Waals surface area contributed by atoms with Gasteiger partial charge in [0.15, 0.2) is 6.10 Å². The van der Waals surface area contributed by atoms with Gasteiger partial charge in [-0.1, -0.05) is 6.07 Å². The first-order chi connectivity index (χ1) is 10.4. The maximum absolute atomic E-state index is 12.7. The number of hydrogen-bond donors (Lipinski definition) is 0. The number of hydrogen-bond acceptors (Lipinski definition) is 3. The Morgan fingerprint density at radius 3 is 2.91 bits per heavy atom. The number of halogens is 3. The highest BCUT2D eigenvalue weighted by molar-refractivity contribution is 5.98. The lowest BCUT2D eigenvalue weighted by atomic mass is 10.1. The molecule has 2 heterocycles. The number of morpholine rings is 1. The van der Waals surface area contributed by atoms with E-state index < -0.39 is 24.7 Å². The van der Waals surface area contributed by atoms with Gasteiger partial charge in [0.1, 0.15) is 0 Å². The number of fused-ring (bicyclic) bond motifs is 1.